The van der Waals surface area contributed by atoms with Crippen molar-refractivity contribution in [2.45, 2.75) is 145 Å². The number of carboxylic acid groups (broad SMARTS) is 1. The van der Waals surface area contributed by atoms with Crippen molar-refractivity contribution in [2.24, 2.45) is 62.1 Å². The van der Waals surface area contributed by atoms with Crippen LogP contribution in [0, 0.1) is 62.1 Å². The Labute approximate surface area is 337 Å². The normalized spacial score (nSPS) is 39.0. The Morgan fingerprint density at radius 1 is 0.893 bits per heavy atom. The molecule has 8 nitrogen and oxygen atoms in total. The van der Waals surface area contributed by atoms with Crippen molar-refractivity contribution in [2.75, 3.05) is 31.2 Å². The number of carbonyl (C=O) groups excluding carboxylic acids is 2. The average molecular weight is 773 g/mol. The van der Waals surface area contributed by atoms with Gasteiger partial charge in [-0.3, -0.25) is 14.4 Å². The van der Waals surface area contributed by atoms with Gasteiger partial charge in [-0.15, -0.1) is 0 Å². The molecular formula is C48H72N2O6. The summed E-state index contributed by atoms with van der Waals surface area (Å²) in [6, 6.07) is 8.66. The maximum absolute atomic E-state index is 14.0. The number of hydrogen-bond acceptors (Lipinski definition) is 6. The van der Waals surface area contributed by atoms with Gasteiger partial charge in [0, 0.05) is 37.2 Å². The van der Waals surface area contributed by atoms with Gasteiger partial charge < -0.3 is 24.8 Å². The van der Waals surface area contributed by atoms with Gasteiger partial charge in [-0.1, -0.05) is 58.9 Å². The second-order valence-electron chi connectivity index (χ2n) is 21.5. The van der Waals surface area contributed by atoms with Crippen molar-refractivity contribution in [1.82, 2.24) is 5.32 Å². The summed E-state index contributed by atoms with van der Waals surface area (Å²) < 4.78 is 11.7. The van der Waals surface area contributed by atoms with Crippen molar-refractivity contribution >= 4 is 23.5 Å². The number of nitrogens with zero attached hydrogens (tertiary/aromatic N) is 1. The summed E-state index contributed by atoms with van der Waals surface area (Å²) in [5, 5.41) is 13.0. The first-order chi connectivity index (χ1) is 26.3. The van der Waals surface area contributed by atoms with E-state index in [1.165, 1.54) is 36.9 Å². The lowest BCUT2D eigenvalue weighted by Crippen LogP contribution is -2.67. The van der Waals surface area contributed by atoms with Crippen LogP contribution in [0.15, 0.2) is 36.4 Å². The van der Waals surface area contributed by atoms with Crippen LogP contribution in [0.5, 0.6) is 0 Å². The van der Waals surface area contributed by atoms with Crippen LogP contribution in [0.3, 0.4) is 0 Å². The fourth-order valence-electron chi connectivity index (χ4n) is 14.6. The minimum atomic E-state index is -1.15. The first-order valence-corrected chi connectivity index (χ1v) is 22.0. The van der Waals surface area contributed by atoms with Gasteiger partial charge in [-0.2, -0.15) is 0 Å². The van der Waals surface area contributed by atoms with Crippen LogP contribution >= 0.6 is 0 Å². The highest BCUT2D eigenvalue weighted by Crippen LogP contribution is 2.78. The molecule has 1 aromatic carbocycles. The molecule has 1 saturated heterocycles. The number of ether oxygens (including phenoxy) is 2. The van der Waals surface area contributed by atoms with E-state index in [0.717, 1.165) is 70.4 Å². The highest BCUT2D eigenvalue weighted by atomic mass is 16.5. The van der Waals surface area contributed by atoms with Crippen molar-refractivity contribution in [1.29, 1.82) is 0 Å². The molecule has 2 N–H and O–H groups in total. The molecule has 5 saturated carbocycles. The maximum atomic E-state index is 14.0. The number of aliphatic carboxylic acids is 1. The number of rotatable bonds is 10. The number of carboxylic acids is 1. The number of carbonyl (C=O) groups is 3. The summed E-state index contributed by atoms with van der Waals surface area (Å²) in [5.74, 6) is 1.31. The highest BCUT2D eigenvalue weighted by molar-refractivity contribution is 5.81. The molecule has 10 atom stereocenters. The number of allylic oxidation sites excluding steroid dienone is 1. The van der Waals surface area contributed by atoms with Gasteiger partial charge in [0.1, 0.15) is 6.10 Å². The van der Waals surface area contributed by atoms with Crippen molar-refractivity contribution in [3.05, 3.63) is 42.0 Å². The predicted octanol–water partition coefficient (Wildman–Crippen LogP) is 9.60. The minimum Gasteiger partial charge on any atom is -0.481 e. The van der Waals surface area contributed by atoms with Gasteiger partial charge in [0.25, 0.3) is 0 Å². The molecule has 6 fully saturated rings. The molecule has 1 aromatic rings. The Kier molecular flexibility index (Phi) is 10.9. The molecule has 5 aliphatic carbocycles. The number of esters is 1. The smallest absolute Gasteiger partial charge is 0.309 e. The Hall–Kier alpha value is -2.87. The Morgan fingerprint density at radius 3 is 2.25 bits per heavy atom. The van der Waals surface area contributed by atoms with Gasteiger partial charge in [0.2, 0.25) is 5.91 Å². The lowest BCUT2D eigenvalue weighted by atomic mass is 9.32. The Morgan fingerprint density at radius 2 is 1.59 bits per heavy atom. The lowest BCUT2D eigenvalue weighted by molar-refractivity contribution is -0.250. The fraction of sp³-hybridized carbons (Fsp3) is 0.771. The summed E-state index contributed by atoms with van der Waals surface area (Å²) in [7, 11) is 0. The number of fused-ring (bicyclic) bond motifs is 7. The van der Waals surface area contributed by atoms with E-state index in [1.54, 1.807) is 13.8 Å². The van der Waals surface area contributed by atoms with E-state index >= 15 is 0 Å². The van der Waals surface area contributed by atoms with Crippen LogP contribution in [0.4, 0.5) is 5.69 Å². The molecule has 1 heterocycles. The van der Waals surface area contributed by atoms with Crippen molar-refractivity contribution in [3.63, 3.8) is 0 Å². The van der Waals surface area contributed by atoms with Gasteiger partial charge in [0.05, 0.1) is 25.0 Å². The molecule has 1 aliphatic heterocycles. The van der Waals surface area contributed by atoms with Crippen molar-refractivity contribution < 1.29 is 29.0 Å². The largest absolute Gasteiger partial charge is 0.481 e. The molecule has 0 spiro atoms. The summed E-state index contributed by atoms with van der Waals surface area (Å²) in [6.45, 7) is 26.4. The molecular weight excluding hydrogens is 701 g/mol. The lowest BCUT2D eigenvalue weighted by Gasteiger charge is -2.73. The molecule has 0 radical (unpaired) electrons. The molecule has 310 valence electrons. The summed E-state index contributed by atoms with van der Waals surface area (Å²) in [4.78, 5) is 41.2. The van der Waals surface area contributed by atoms with E-state index in [9.17, 15) is 19.5 Å². The van der Waals surface area contributed by atoms with Crippen LogP contribution in [-0.2, 0) is 30.4 Å². The number of anilines is 1. The third kappa shape index (κ3) is 6.83. The van der Waals surface area contributed by atoms with Gasteiger partial charge in [-0.05, 0) is 154 Å². The molecule has 7 rings (SSSR count). The number of nitrogens with one attached hydrogen (secondary N) is 1. The van der Waals surface area contributed by atoms with Crippen LogP contribution in [-0.4, -0.2) is 55.4 Å². The molecule has 56 heavy (non-hydrogen) atoms. The molecule has 0 unspecified atom stereocenters. The predicted molar refractivity (Wildman–Crippen MR) is 221 cm³/mol. The zero-order valence-corrected chi connectivity index (χ0v) is 35.9. The second-order valence-corrected chi connectivity index (χ2v) is 21.5. The van der Waals surface area contributed by atoms with E-state index in [4.69, 9.17) is 9.47 Å². The van der Waals surface area contributed by atoms with Gasteiger partial charge in [-0.25, -0.2) is 0 Å². The molecule has 8 heteroatoms. The van der Waals surface area contributed by atoms with E-state index in [1.807, 2.05) is 0 Å². The van der Waals surface area contributed by atoms with Gasteiger partial charge >= 0.3 is 11.9 Å². The summed E-state index contributed by atoms with van der Waals surface area (Å²) in [5.41, 5.74) is 2.80. The Bertz CT molecular complexity index is 1680. The molecule has 6 aliphatic rings. The zero-order valence-electron chi connectivity index (χ0n) is 35.9. The third-order valence-corrected chi connectivity index (χ3v) is 17.9. The summed E-state index contributed by atoms with van der Waals surface area (Å²) >= 11 is 0. The van der Waals surface area contributed by atoms with E-state index < -0.39 is 17.4 Å². The van der Waals surface area contributed by atoms with Crippen molar-refractivity contribution in [3.8, 4) is 0 Å². The number of hydrogen-bond donors (Lipinski definition) is 2. The SMILES string of the molecule is C=C(C)[C@@H]1CC[C@]2(CC(=O)NCc3ccc(N4CCOCC4)cc3)CC[C@]3(C)[C@H](CC[C@@H]4[C@@]5(C)CC[C@H](OC(=O)CC(C)(C)C(=O)O)C(C)(C)[C@@H]5CC[C@]43C)[C@@H]12. The second kappa shape index (κ2) is 14.7. The molecule has 1 amide bonds. The average Bonchev–Trinajstić information content (AvgIpc) is 3.52. The Balaban J connectivity index is 1.06. The standard InChI is InChI=1S/C48H72N2O6/c1-31(2)34-16-21-48(28-39(51)49-30-32-10-12-33(13-11-32)50-24-26-55-27-25-50)23-22-46(8)35(41(34)48)14-15-37-45(7)19-18-38(56-40(52)29-43(3,4)42(53)54)44(5,6)36(45)17-20-47(37,46)9/h10-13,34-38,41H,1,14-30H2,2-9H3,(H,49,51)(H,53,54)/t34-,35+,36-,37+,38-,41+,45-,46+,47+,48+/m0/s1. The molecule has 0 aromatic heterocycles. The molecule has 0 bridgehead atoms. The van der Waals surface area contributed by atoms with Crippen LogP contribution in [0.2, 0.25) is 0 Å². The number of morpholine rings is 1. The monoisotopic (exact) mass is 773 g/mol. The third-order valence-electron chi connectivity index (χ3n) is 17.9. The quantitative estimate of drug-likeness (QED) is 0.180. The summed E-state index contributed by atoms with van der Waals surface area (Å²) in [6.07, 6.45) is 11.4. The zero-order chi connectivity index (χ0) is 40.5. The van der Waals surface area contributed by atoms with Crippen LogP contribution in [0.1, 0.15) is 138 Å². The minimum absolute atomic E-state index is 0.0154. The van der Waals surface area contributed by atoms with Crippen LogP contribution in [0.25, 0.3) is 0 Å². The number of benzene rings is 1. The number of amides is 1. The van der Waals surface area contributed by atoms with E-state index in [0.29, 0.717) is 42.6 Å². The first kappa shape index (κ1) is 41.3. The fourth-order valence-corrected chi connectivity index (χ4v) is 14.6. The highest BCUT2D eigenvalue weighted by Gasteiger charge is 2.71. The van der Waals surface area contributed by atoms with E-state index in [-0.39, 0.29) is 45.5 Å². The first-order valence-electron chi connectivity index (χ1n) is 22.0. The van der Waals surface area contributed by atoms with Gasteiger partial charge in [0.15, 0.2) is 0 Å². The topological polar surface area (TPSA) is 105 Å². The van der Waals surface area contributed by atoms with Crippen LogP contribution < -0.4 is 10.2 Å². The maximum Gasteiger partial charge on any atom is 0.309 e. The van der Waals surface area contributed by atoms with E-state index in [2.05, 4.69) is 82.6 Å².